The minimum atomic E-state index is -0.312. The van der Waals surface area contributed by atoms with Gasteiger partial charge in [-0.3, -0.25) is 4.90 Å². The minimum Gasteiger partial charge on any atom is -0.392 e. The molecule has 0 aromatic rings. The van der Waals surface area contributed by atoms with Crippen molar-refractivity contribution in [3.05, 3.63) is 0 Å². The van der Waals surface area contributed by atoms with E-state index in [1.807, 2.05) is 0 Å². The van der Waals surface area contributed by atoms with E-state index in [9.17, 15) is 10.2 Å². The van der Waals surface area contributed by atoms with Crippen LogP contribution in [0, 0.1) is 0 Å². The maximum atomic E-state index is 9.41. The van der Waals surface area contributed by atoms with Crippen molar-refractivity contribution in [2.75, 3.05) is 19.6 Å². The van der Waals surface area contributed by atoms with Crippen LogP contribution in [0.3, 0.4) is 0 Å². The molecule has 0 rings (SSSR count). The van der Waals surface area contributed by atoms with Crippen molar-refractivity contribution < 1.29 is 10.2 Å². The van der Waals surface area contributed by atoms with Gasteiger partial charge in [-0.2, -0.15) is 0 Å². The minimum absolute atomic E-state index is 0.312. The molecule has 0 fully saturated rings. The Bertz CT molecular complexity index is 162. The average molecular weight is 259 g/mol. The Kier molecular flexibility index (Phi) is 11.9. The van der Waals surface area contributed by atoms with E-state index in [0.717, 1.165) is 6.54 Å². The molecule has 0 bridgehead atoms. The number of aliphatic hydroxyl groups is 2. The zero-order chi connectivity index (χ0) is 13.8. The highest BCUT2D eigenvalue weighted by Crippen LogP contribution is 2.08. The molecule has 18 heavy (non-hydrogen) atoms. The summed E-state index contributed by atoms with van der Waals surface area (Å²) in [6.45, 7) is 8.18. The van der Waals surface area contributed by atoms with Crippen molar-refractivity contribution in [1.29, 1.82) is 0 Å². The molecule has 0 amide bonds. The van der Waals surface area contributed by atoms with Crippen LogP contribution in [0.4, 0.5) is 0 Å². The summed E-state index contributed by atoms with van der Waals surface area (Å²) in [6, 6.07) is 0. The zero-order valence-corrected chi connectivity index (χ0v) is 12.6. The summed E-state index contributed by atoms with van der Waals surface area (Å²) in [5.41, 5.74) is 0. The number of hydrogen-bond acceptors (Lipinski definition) is 3. The van der Waals surface area contributed by atoms with Crippen LogP contribution >= 0.6 is 0 Å². The first-order valence-electron chi connectivity index (χ1n) is 7.64. The summed E-state index contributed by atoms with van der Waals surface area (Å²) in [5.74, 6) is 0. The highest BCUT2D eigenvalue weighted by atomic mass is 16.3. The monoisotopic (exact) mass is 259 g/mol. The molecule has 0 saturated heterocycles. The molecule has 0 radical (unpaired) electrons. The van der Waals surface area contributed by atoms with Gasteiger partial charge in [-0.15, -0.1) is 0 Å². The number of hydrogen-bond donors (Lipinski definition) is 2. The van der Waals surface area contributed by atoms with E-state index >= 15 is 0 Å². The van der Waals surface area contributed by atoms with Gasteiger partial charge < -0.3 is 10.2 Å². The summed E-state index contributed by atoms with van der Waals surface area (Å²) in [4.78, 5) is 2.17. The van der Waals surface area contributed by atoms with Crippen LogP contribution in [0.25, 0.3) is 0 Å². The third kappa shape index (κ3) is 12.3. The highest BCUT2D eigenvalue weighted by molar-refractivity contribution is 4.64. The van der Waals surface area contributed by atoms with Crippen molar-refractivity contribution in [3.8, 4) is 0 Å². The summed E-state index contributed by atoms with van der Waals surface area (Å²) in [7, 11) is 0. The molecule has 0 heterocycles. The van der Waals surface area contributed by atoms with E-state index < -0.39 is 0 Å². The van der Waals surface area contributed by atoms with Crippen LogP contribution in [-0.2, 0) is 0 Å². The third-order valence-corrected chi connectivity index (χ3v) is 3.12. The Balaban J connectivity index is 3.56. The number of nitrogens with zero attached hydrogens (tertiary/aromatic N) is 1. The largest absolute Gasteiger partial charge is 0.392 e. The van der Waals surface area contributed by atoms with Crippen LogP contribution in [0.5, 0.6) is 0 Å². The topological polar surface area (TPSA) is 43.7 Å². The fourth-order valence-electron chi connectivity index (χ4n) is 2.30. The molecule has 3 heteroatoms. The smallest absolute Gasteiger partial charge is 0.0639 e. The van der Waals surface area contributed by atoms with Crippen LogP contribution < -0.4 is 0 Å². The van der Waals surface area contributed by atoms with Crippen molar-refractivity contribution in [1.82, 2.24) is 4.90 Å². The molecule has 0 aromatic carbocycles. The molecule has 2 N–H and O–H groups in total. The predicted octanol–water partition coefficient (Wildman–Crippen LogP) is 2.80. The Morgan fingerprint density at radius 3 is 1.67 bits per heavy atom. The fraction of sp³-hybridized carbons (Fsp3) is 1.00. The molecular formula is C15H33NO2. The van der Waals surface area contributed by atoms with Gasteiger partial charge >= 0.3 is 0 Å². The molecular weight excluding hydrogens is 226 g/mol. The average Bonchev–Trinajstić information content (AvgIpc) is 2.26. The maximum Gasteiger partial charge on any atom is 0.0639 e. The summed E-state index contributed by atoms with van der Waals surface area (Å²) >= 11 is 0. The Morgan fingerprint density at radius 1 is 0.778 bits per heavy atom. The third-order valence-electron chi connectivity index (χ3n) is 3.12. The van der Waals surface area contributed by atoms with Crippen LogP contribution in [0.15, 0.2) is 0 Å². The number of unbranched alkanes of at least 4 members (excludes halogenated alkanes) is 6. The maximum absolute atomic E-state index is 9.41. The highest BCUT2D eigenvalue weighted by Gasteiger charge is 2.10. The van der Waals surface area contributed by atoms with Gasteiger partial charge in [0, 0.05) is 13.1 Å². The summed E-state index contributed by atoms with van der Waals surface area (Å²) < 4.78 is 0. The first kappa shape index (κ1) is 17.9. The molecule has 2 unspecified atom stereocenters. The molecule has 110 valence electrons. The van der Waals surface area contributed by atoms with Gasteiger partial charge in [0.1, 0.15) is 0 Å². The van der Waals surface area contributed by atoms with Crippen molar-refractivity contribution in [3.63, 3.8) is 0 Å². The summed E-state index contributed by atoms with van der Waals surface area (Å²) in [6.07, 6.45) is 8.50. The standard InChI is InChI=1S/C15H33NO2/c1-4-5-6-7-8-9-10-11-16(12-14(2)17)13-15(3)18/h14-15,17-18H,4-13H2,1-3H3. The Labute approximate surface area is 113 Å². The SMILES string of the molecule is CCCCCCCCCN(CC(C)O)CC(C)O. The first-order chi connectivity index (χ1) is 8.56. The van der Waals surface area contributed by atoms with E-state index in [2.05, 4.69) is 11.8 Å². The van der Waals surface area contributed by atoms with Crippen LogP contribution in [-0.4, -0.2) is 47.0 Å². The second-order valence-corrected chi connectivity index (χ2v) is 5.58. The Hall–Kier alpha value is -0.120. The summed E-state index contributed by atoms with van der Waals surface area (Å²) in [5, 5.41) is 18.8. The van der Waals surface area contributed by atoms with Gasteiger partial charge in [0.05, 0.1) is 12.2 Å². The van der Waals surface area contributed by atoms with Gasteiger partial charge in [0.2, 0.25) is 0 Å². The molecule has 0 spiro atoms. The van der Waals surface area contributed by atoms with Crippen LogP contribution in [0.2, 0.25) is 0 Å². The lowest BCUT2D eigenvalue weighted by Crippen LogP contribution is -2.36. The van der Waals surface area contributed by atoms with E-state index in [4.69, 9.17) is 0 Å². The second kappa shape index (κ2) is 11.9. The lowest BCUT2D eigenvalue weighted by molar-refractivity contribution is 0.0825. The van der Waals surface area contributed by atoms with Gasteiger partial charge in [0.15, 0.2) is 0 Å². The first-order valence-corrected chi connectivity index (χ1v) is 7.64. The number of rotatable bonds is 12. The van der Waals surface area contributed by atoms with Crippen molar-refractivity contribution in [2.45, 2.75) is 77.9 Å². The molecule has 0 saturated carbocycles. The predicted molar refractivity (Wildman–Crippen MR) is 77.8 cm³/mol. The second-order valence-electron chi connectivity index (χ2n) is 5.58. The molecule has 0 aliphatic carbocycles. The van der Waals surface area contributed by atoms with Crippen molar-refractivity contribution in [2.24, 2.45) is 0 Å². The lowest BCUT2D eigenvalue weighted by atomic mass is 10.1. The fourth-order valence-corrected chi connectivity index (χ4v) is 2.30. The molecule has 3 nitrogen and oxygen atoms in total. The van der Waals surface area contributed by atoms with Gasteiger partial charge in [-0.25, -0.2) is 0 Å². The Morgan fingerprint density at radius 2 is 1.22 bits per heavy atom. The van der Waals surface area contributed by atoms with Crippen molar-refractivity contribution >= 4 is 0 Å². The normalized spacial score (nSPS) is 15.0. The molecule has 2 atom stereocenters. The van der Waals surface area contributed by atoms with Gasteiger partial charge in [0.25, 0.3) is 0 Å². The van der Waals surface area contributed by atoms with E-state index in [1.165, 1.54) is 44.9 Å². The molecule has 0 aliphatic heterocycles. The van der Waals surface area contributed by atoms with Gasteiger partial charge in [-0.1, -0.05) is 45.4 Å². The molecule has 0 aliphatic rings. The number of aliphatic hydroxyl groups excluding tert-OH is 2. The lowest BCUT2D eigenvalue weighted by Gasteiger charge is -2.24. The van der Waals surface area contributed by atoms with Gasteiger partial charge in [-0.05, 0) is 26.8 Å². The van der Waals surface area contributed by atoms with E-state index in [0.29, 0.717) is 13.1 Å². The van der Waals surface area contributed by atoms with E-state index in [-0.39, 0.29) is 12.2 Å². The zero-order valence-electron chi connectivity index (χ0n) is 12.6. The molecule has 0 aromatic heterocycles. The van der Waals surface area contributed by atoms with Crippen LogP contribution in [0.1, 0.15) is 65.7 Å². The quantitative estimate of drug-likeness (QED) is 0.530. The van der Waals surface area contributed by atoms with E-state index in [1.54, 1.807) is 13.8 Å².